The van der Waals surface area contributed by atoms with Crippen LogP contribution >= 0.6 is 11.8 Å². The molecule has 0 bridgehead atoms. The molecule has 1 heterocycles. The summed E-state index contributed by atoms with van der Waals surface area (Å²) in [5, 5.41) is 18.0. The zero-order valence-corrected chi connectivity index (χ0v) is 25.3. The van der Waals surface area contributed by atoms with Gasteiger partial charge in [0.25, 0.3) is 0 Å². The van der Waals surface area contributed by atoms with Crippen molar-refractivity contribution in [1.29, 1.82) is 0 Å². The molecule has 5 unspecified atom stereocenters. The minimum atomic E-state index is -0.786. The number of aliphatic hydroxyl groups is 1. The van der Waals surface area contributed by atoms with E-state index in [0.29, 0.717) is 31.2 Å². The van der Waals surface area contributed by atoms with Gasteiger partial charge in [-0.2, -0.15) is 11.8 Å². The molecular formula is C31H51N3O3S. The SMILES string of the molecule is CCSC(C)(C)CC(=O)NC(Cc1ccccc1)C(O)CN1CC2CCCCC2CC1C(=O)NC(C)(C)C. The Labute approximate surface area is 235 Å². The molecule has 1 aromatic carbocycles. The van der Waals surface area contributed by atoms with Crippen LogP contribution in [0.2, 0.25) is 0 Å². The maximum absolute atomic E-state index is 13.4. The number of rotatable bonds is 11. The average molecular weight is 546 g/mol. The second-order valence-corrected chi connectivity index (χ2v) is 15.0. The summed E-state index contributed by atoms with van der Waals surface area (Å²) in [6.45, 7) is 13.5. The largest absolute Gasteiger partial charge is 0.390 e. The van der Waals surface area contributed by atoms with Gasteiger partial charge < -0.3 is 15.7 Å². The lowest BCUT2D eigenvalue weighted by atomic mass is 9.72. The van der Waals surface area contributed by atoms with E-state index < -0.39 is 12.1 Å². The Balaban J connectivity index is 1.77. The van der Waals surface area contributed by atoms with E-state index in [-0.39, 0.29) is 28.1 Å². The summed E-state index contributed by atoms with van der Waals surface area (Å²) >= 11 is 1.77. The third-order valence-electron chi connectivity index (χ3n) is 7.96. The highest BCUT2D eigenvalue weighted by molar-refractivity contribution is 8.00. The van der Waals surface area contributed by atoms with Gasteiger partial charge in [-0.1, -0.05) is 70.4 Å². The smallest absolute Gasteiger partial charge is 0.237 e. The number of likely N-dealkylation sites (tertiary alicyclic amines) is 1. The lowest BCUT2D eigenvalue weighted by Gasteiger charge is -2.47. The van der Waals surface area contributed by atoms with E-state index in [2.05, 4.69) is 36.3 Å². The van der Waals surface area contributed by atoms with Crippen LogP contribution in [0.15, 0.2) is 30.3 Å². The first-order chi connectivity index (χ1) is 17.9. The fourth-order valence-electron chi connectivity index (χ4n) is 6.23. The molecule has 1 aliphatic carbocycles. The van der Waals surface area contributed by atoms with E-state index in [0.717, 1.165) is 24.3 Å². The minimum absolute atomic E-state index is 0.0380. The van der Waals surface area contributed by atoms with Gasteiger partial charge in [0.1, 0.15) is 0 Å². The van der Waals surface area contributed by atoms with Gasteiger partial charge in [0, 0.05) is 29.8 Å². The molecule has 0 radical (unpaired) electrons. The number of β-amino-alcohol motifs (C(OH)–C–C–N with tert-alkyl or cyclic N) is 1. The highest BCUT2D eigenvalue weighted by Gasteiger charge is 2.41. The van der Waals surface area contributed by atoms with Gasteiger partial charge in [-0.3, -0.25) is 14.5 Å². The van der Waals surface area contributed by atoms with Gasteiger partial charge >= 0.3 is 0 Å². The second kappa shape index (κ2) is 13.7. The molecule has 3 rings (SSSR count). The van der Waals surface area contributed by atoms with Crippen LogP contribution in [0.5, 0.6) is 0 Å². The van der Waals surface area contributed by atoms with Crippen molar-refractivity contribution in [2.75, 3.05) is 18.8 Å². The quantitative estimate of drug-likeness (QED) is 0.372. The summed E-state index contributed by atoms with van der Waals surface area (Å²) in [5.41, 5.74) is 0.768. The number of nitrogens with one attached hydrogen (secondary N) is 2. The van der Waals surface area contributed by atoms with Crippen molar-refractivity contribution in [1.82, 2.24) is 15.5 Å². The highest BCUT2D eigenvalue weighted by atomic mass is 32.2. The fourth-order valence-corrected chi connectivity index (χ4v) is 7.25. The number of amides is 2. The van der Waals surface area contributed by atoms with Crippen LogP contribution in [0.1, 0.15) is 85.6 Å². The maximum Gasteiger partial charge on any atom is 0.237 e. The first-order valence-corrected chi connectivity index (χ1v) is 15.6. The molecule has 214 valence electrons. The first kappa shape index (κ1) is 31.0. The highest BCUT2D eigenvalue weighted by Crippen LogP contribution is 2.39. The Kier molecular flexibility index (Phi) is 11.1. The number of hydrogen-bond acceptors (Lipinski definition) is 5. The number of nitrogens with zero attached hydrogens (tertiary/aromatic N) is 1. The van der Waals surface area contributed by atoms with Crippen LogP contribution in [-0.4, -0.2) is 69.1 Å². The molecule has 0 aromatic heterocycles. The Hall–Kier alpha value is -1.57. The summed E-state index contributed by atoms with van der Waals surface area (Å²) in [5.74, 6) is 2.11. The standard InChI is InChI=1S/C31H51N3O3S/c1-7-38-31(5,6)19-28(36)32-25(17-22-13-9-8-10-14-22)27(35)21-34-20-24-16-12-11-15-23(24)18-26(34)29(37)33-30(2,3)4/h8-10,13-14,23-27,35H,7,11-12,15-21H2,1-6H3,(H,32,36)(H,33,37). The van der Waals surface area contributed by atoms with Crippen LogP contribution in [0, 0.1) is 11.8 Å². The average Bonchev–Trinajstić information content (AvgIpc) is 2.82. The van der Waals surface area contributed by atoms with Crippen LogP contribution < -0.4 is 10.6 Å². The number of carbonyl (C=O) groups excluding carboxylic acids is 2. The van der Waals surface area contributed by atoms with Crippen molar-refractivity contribution in [2.45, 2.75) is 115 Å². The summed E-state index contributed by atoms with van der Waals surface area (Å²) in [6, 6.07) is 9.35. The molecule has 38 heavy (non-hydrogen) atoms. The molecule has 1 saturated carbocycles. The van der Waals surface area contributed by atoms with Gasteiger partial charge in [0.2, 0.25) is 11.8 Å². The number of thioether (sulfide) groups is 1. The van der Waals surface area contributed by atoms with Crippen molar-refractivity contribution in [3.63, 3.8) is 0 Å². The molecule has 7 heteroatoms. The Morgan fingerprint density at radius 2 is 1.74 bits per heavy atom. The van der Waals surface area contributed by atoms with E-state index in [1.54, 1.807) is 11.8 Å². The summed E-state index contributed by atoms with van der Waals surface area (Å²) in [7, 11) is 0. The molecule has 1 saturated heterocycles. The predicted octanol–water partition coefficient (Wildman–Crippen LogP) is 4.79. The number of carbonyl (C=O) groups is 2. The van der Waals surface area contributed by atoms with E-state index >= 15 is 0 Å². The van der Waals surface area contributed by atoms with Crippen molar-refractivity contribution in [2.24, 2.45) is 11.8 Å². The molecule has 2 fully saturated rings. The predicted molar refractivity (Wildman–Crippen MR) is 158 cm³/mol. The van der Waals surface area contributed by atoms with Crippen molar-refractivity contribution in [3.8, 4) is 0 Å². The van der Waals surface area contributed by atoms with E-state index in [1.165, 1.54) is 25.7 Å². The van der Waals surface area contributed by atoms with Gasteiger partial charge in [0.15, 0.2) is 0 Å². The van der Waals surface area contributed by atoms with Crippen molar-refractivity contribution in [3.05, 3.63) is 35.9 Å². The number of piperidine rings is 1. The number of hydrogen-bond donors (Lipinski definition) is 3. The molecule has 2 aliphatic rings. The molecule has 1 aromatic rings. The molecule has 0 spiro atoms. The molecule has 1 aliphatic heterocycles. The van der Waals surface area contributed by atoms with Gasteiger partial charge in [0.05, 0.1) is 18.2 Å². The summed E-state index contributed by atoms with van der Waals surface area (Å²) in [6.07, 6.45) is 5.88. The zero-order chi connectivity index (χ0) is 27.9. The number of fused-ring (bicyclic) bond motifs is 1. The van der Waals surface area contributed by atoms with Crippen LogP contribution in [0.25, 0.3) is 0 Å². The Bertz CT molecular complexity index is 901. The monoisotopic (exact) mass is 545 g/mol. The van der Waals surface area contributed by atoms with E-state index in [4.69, 9.17) is 0 Å². The topological polar surface area (TPSA) is 81.7 Å². The molecular weight excluding hydrogens is 494 g/mol. The first-order valence-electron chi connectivity index (χ1n) is 14.6. The minimum Gasteiger partial charge on any atom is -0.390 e. The number of benzene rings is 1. The van der Waals surface area contributed by atoms with E-state index in [9.17, 15) is 14.7 Å². The second-order valence-electron chi connectivity index (χ2n) is 13.0. The number of aliphatic hydroxyl groups excluding tert-OH is 1. The van der Waals surface area contributed by atoms with E-state index in [1.807, 2.05) is 51.1 Å². The Morgan fingerprint density at radius 1 is 1.08 bits per heavy atom. The lowest BCUT2D eigenvalue weighted by Crippen LogP contribution is -2.60. The summed E-state index contributed by atoms with van der Waals surface area (Å²) < 4.78 is -0.167. The fraction of sp³-hybridized carbons (Fsp3) is 0.742. The molecule has 5 atom stereocenters. The molecule has 3 N–H and O–H groups in total. The van der Waals surface area contributed by atoms with Gasteiger partial charge in [-0.25, -0.2) is 0 Å². The third-order valence-corrected chi connectivity index (χ3v) is 9.17. The molecule has 6 nitrogen and oxygen atoms in total. The van der Waals surface area contributed by atoms with Crippen molar-refractivity contribution >= 4 is 23.6 Å². The summed E-state index contributed by atoms with van der Waals surface area (Å²) in [4.78, 5) is 28.8. The normalized spacial score (nSPS) is 24.2. The maximum atomic E-state index is 13.4. The lowest BCUT2D eigenvalue weighted by molar-refractivity contribution is -0.133. The zero-order valence-electron chi connectivity index (χ0n) is 24.5. The van der Waals surface area contributed by atoms with Crippen LogP contribution in [-0.2, 0) is 16.0 Å². The molecule has 2 amide bonds. The van der Waals surface area contributed by atoms with Crippen LogP contribution in [0.4, 0.5) is 0 Å². The van der Waals surface area contributed by atoms with Crippen molar-refractivity contribution < 1.29 is 14.7 Å². The third kappa shape index (κ3) is 9.56. The van der Waals surface area contributed by atoms with Crippen LogP contribution in [0.3, 0.4) is 0 Å². The Morgan fingerprint density at radius 3 is 2.37 bits per heavy atom. The van der Waals surface area contributed by atoms with Gasteiger partial charge in [-0.05, 0) is 63.2 Å². The van der Waals surface area contributed by atoms with Gasteiger partial charge in [-0.15, -0.1) is 0 Å².